The van der Waals surface area contributed by atoms with E-state index in [9.17, 15) is 17.2 Å². The Hall–Kier alpha value is -2.52. The van der Waals surface area contributed by atoms with Crippen LogP contribution >= 0.6 is 0 Å². The maximum atomic E-state index is 14.3. The van der Waals surface area contributed by atoms with Crippen LogP contribution in [0.25, 0.3) is 11.1 Å². The summed E-state index contributed by atoms with van der Waals surface area (Å²) >= 11 is 0. The van der Waals surface area contributed by atoms with Gasteiger partial charge in [-0.15, -0.1) is 0 Å². The third-order valence-corrected chi connectivity index (χ3v) is 5.89. The van der Waals surface area contributed by atoms with Crippen LogP contribution < -0.4 is 4.72 Å². The summed E-state index contributed by atoms with van der Waals surface area (Å²) in [5, 5.41) is 4.16. The molecule has 2 atom stereocenters. The average molecular weight is 421 g/mol. The van der Waals surface area contributed by atoms with E-state index in [0.29, 0.717) is 42.9 Å². The molecule has 1 saturated heterocycles. The molecule has 2 aliphatic rings. The first-order valence-corrected chi connectivity index (χ1v) is 11.2. The standard InChI is InChI=1S/C20H21F2N3O3S/c1-29(26,27)24-13-9-10-25(12-13)19-11-18(28-23-19)14-5-2-3-6-15(14)20-16(21)7-4-8-17(20)22/h2-8,13,18,24H,9-12H2,1H3/t13-,18?/m0/s1. The number of hydrogen-bond acceptors (Lipinski definition) is 5. The quantitative estimate of drug-likeness (QED) is 0.824. The molecule has 0 saturated carbocycles. The SMILES string of the molecule is CS(=O)(=O)N[C@H]1CCN(C2=NOC(c3ccccc3-c3c(F)cccc3F)C2)C1. The molecule has 2 aromatic carbocycles. The molecule has 154 valence electrons. The smallest absolute Gasteiger partial charge is 0.209 e. The highest BCUT2D eigenvalue weighted by Gasteiger charge is 2.33. The minimum absolute atomic E-state index is 0.0845. The van der Waals surface area contributed by atoms with Crippen LogP contribution in [0.5, 0.6) is 0 Å². The maximum Gasteiger partial charge on any atom is 0.209 e. The van der Waals surface area contributed by atoms with E-state index in [1.807, 2.05) is 4.90 Å². The van der Waals surface area contributed by atoms with E-state index in [0.717, 1.165) is 6.26 Å². The van der Waals surface area contributed by atoms with Crippen LogP contribution in [0.4, 0.5) is 8.78 Å². The maximum absolute atomic E-state index is 14.3. The van der Waals surface area contributed by atoms with Crippen molar-refractivity contribution in [2.75, 3.05) is 19.3 Å². The third-order valence-electron chi connectivity index (χ3n) is 5.13. The Bertz CT molecular complexity index is 1040. The number of halogens is 2. The van der Waals surface area contributed by atoms with Crippen LogP contribution in [-0.4, -0.2) is 44.5 Å². The second-order valence-corrected chi connectivity index (χ2v) is 9.09. The summed E-state index contributed by atoms with van der Waals surface area (Å²) < 4.78 is 54.1. The van der Waals surface area contributed by atoms with Gasteiger partial charge in [0.1, 0.15) is 17.5 Å². The van der Waals surface area contributed by atoms with E-state index in [2.05, 4.69) is 9.88 Å². The predicted molar refractivity (Wildman–Crippen MR) is 106 cm³/mol. The average Bonchev–Trinajstić information content (AvgIpc) is 3.30. The van der Waals surface area contributed by atoms with Crippen molar-refractivity contribution in [3.05, 3.63) is 59.7 Å². The third kappa shape index (κ3) is 4.25. The van der Waals surface area contributed by atoms with Gasteiger partial charge in [0.05, 0.1) is 18.2 Å². The summed E-state index contributed by atoms with van der Waals surface area (Å²) in [5.74, 6) is -0.562. The molecule has 1 fully saturated rings. The van der Waals surface area contributed by atoms with Gasteiger partial charge in [0, 0.05) is 24.7 Å². The number of rotatable bonds is 4. The lowest BCUT2D eigenvalue weighted by Crippen LogP contribution is -2.37. The van der Waals surface area contributed by atoms with Gasteiger partial charge in [0.25, 0.3) is 0 Å². The van der Waals surface area contributed by atoms with Crippen molar-refractivity contribution >= 4 is 15.9 Å². The number of nitrogens with zero attached hydrogens (tertiary/aromatic N) is 2. The molecule has 1 N–H and O–H groups in total. The number of amidine groups is 1. The van der Waals surface area contributed by atoms with Crippen molar-refractivity contribution in [2.24, 2.45) is 5.16 Å². The Morgan fingerprint density at radius 2 is 1.86 bits per heavy atom. The highest BCUT2D eigenvalue weighted by molar-refractivity contribution is 7.88. The molecule has 0 aromatic heterocycles. The van der Waals surface area contributed by atoms with Crippen LogP contribution in [0.2, 0.25) is 0 Å². The monoisotopic (exact) mass is 421 g/mol. The van der Waals surface area contributed by atoms with Gasteiger partial charge < -0.3 is 9.74 Å². The Morgan fingerprint density at radius 1 is 1.14 bits per heavy atom. The van der Waals surface area contributed by atoms with Gasteiger partial charge in [0.2, 0.25) is 10.0 Å². The number of benzene rings is 2. The molecular weight excluding hydrogens is 400 g/mol. The number of likely N-dealkylation sites (tertiary alicyclic amines) is 1. The van der Waals surface area contributed by atoms with Crippen molar-refractivity contribution in [2.45, 2.75) is 25.0 Å². The van der Waals surface area contributed by atoms with Crippen molar-refractivity contribution in [3.63, 3.8) is 0 Å². The second kappa shape index (κ2) is 7.72. The molecule has 1 unspecified atom stereocenters. The second-order valence-electron chi connectivity index (χ2n) is 7.31. The number of sulfonamides is 1. The van der Waals surface area contributed by atoms with Gasteiger partial charge in [-0.2, -0.15) is 0 Å². The Kier molecular flexibility index (Phi) is 5.26. The molecule has 0 spiro atoms. The zero-order valence-electron chi connectivity index (χ0n) is 15.8. The summed E-state index contributed by atoms with van der Waals surface area (Å²) in [6, 6.07) is 10.6. The van der Waals surface area contributed by atoms with E-state index in [-0.39, 0.29) is 11.6 Å². The van der Waals surface area contributed by atoms with Crippen LogP contribution in [0.15, 0.2) is 47.6 Å². The summed E-state index contributed by atoms with van der Waals surface area (Å²) in [4.78, 5) is 7.59. The fourth-order valence-corrected chi connectivity index (χ4v) is 4.67. The molecule has 29 heavy (non-hydrogen) atoms. The van der Waals surface area contributed by atoms with E-state index in [1.54, 1.807) is 24.3 Å². The molecule has 6 nitrogen and oxygen atoms in total. The first-order valence-electron chi connectivity index (χ1n) is 9.30. The molecule has 4 rings (SSSR count). The molecule has 2 aromatic rings. The zero-order valence-corrected chi connectivity index (χ0v) is 16.6. The first kappa shape index (κ1) is 19.8. The van der Waals surface area contributed by atoms with Crippen LogP contribution in [0, 0.1) is 11.6 Å². The lowest BCUT2D eigenvalue weighted by molar-refractivity contribution is 0.0859. The van der Waals surface area contributed by atoms with Gasteiger partial charge in [-0.1, -0.05) is 35.5 Å². The summed E-state index contributed by atoms with van der Waals surface area (Å²) in [7, 11) is -3.27. The highest BCUT2D eigenvalue weighted by Crippen LogP contribution is 2.37. The fraction of sp³-hybridized carbons (Fsp3) is 0.350. The summed E-state index contributed by atoms with van der Waals surface area (Å²) in [6.07, 6.45) is 1.79. The topological polar surface area (TPSA) is 71.0 Å². The van der Waals surface area contributed by atoms with Crippen molar-refractivity contribution in [1.29, 1.82) is 0 Å². The van der Waals surface area contributed by atoms with Gasteiger partial charge in [-0.3, -0.25) is 0 Å². The lowest BCUT2D eigenvalue weighted by atomic mass is 9.94. The van der Waals surface area contributed by atoms with Crippen LogP contribution in [-0.2, 0) is 14.9 Å². The predicted octanol–water partition coefficient (Wildman–Crippen LogP) is 3.03. The molecule has 2 heterocycles. The number of oxime groups is 1. The van der Waals surface area contributed by atoms with E-state index < -0.39 is 27.8 Å². The summed E-state index contributed by atoms with van der Waals surface area (Å²) in [6.45, 7) is 1.16. The normalized spacial score (nSPS) is 21.9. The van der Waals surface area contributed by atoms with E-state index >= 15 is 0 Å². The summed E-state index contributed by atoms with van der Waals surface area (Å²) in [5.41, 5.74) is 1.00. The Balaban J connectivity index is 1.52. The van der Waals surface area contributed by atoms with Crippen molar-refractivity contribution in [3.8, 4) is 11.1 Å². The fourth-order valence-electron chi connectivity index (χ4n) is 3.87. The lowest BCUT2D eigenvalue weighted by Gasteiger charge is -2.18. The van der Waals surface area contributed by atoms with E-state index in [1.165, 1.54) is 18.2 Å². The molecular formula is C20H21F2N3O3S. The minimum atomic E-state index is -3.27. The number of hydrogen-bond donors (Lipinski definition) is 1. The molecule has 0 amide bonds. The molecule has 2 aliphatic heterocycles. The number of nitrogens with one attached hydrogen (secondary N) is 1. The zero-order chi connectivity index (χ0) is 20.6. The van der Waals surface area contributed by atoms with Gasteiger partial charge >= 0.3 is 0 Å². The van der Waals surface area contributed by atoms with Crippen LogP contribution in [0.1, 0.15) is 24.5 Å². The highest BCUT2D eigenvalue weighted by atomic mass is 32.2. The van der Waals surface area contributed by atoms with Gasteiger partial charge in [-0.05, 0) is 24.1 Å². The minimum Gasteiger partial charge on any atom is -0.386 e. The van der Waals surface area contributed by atoms with Gasteiger partial charge in [-0.25, -0.2) is 21.9 Å². The van der Waals surface area contributed by atoms with Crippen molar-refractivity contribution < 1.29 is 22.0 Å². The van der Waals surface area contributed by atoms with Crippen molar-refractivity contribution in [1.82, 2.24) is 9.62 Å². The Morgan fingerprint density at radius 3 is 2.59 bits per heavy atom. The Labute approximate surface area is 168 Å². The molecule has 0 radical (unpaired) electrons. The van der Waals surface area contributed by atoms with Crippen LogP contribution in [0.3, 0.4) is 0 Å². The largest absolute Gasteiger partial charge is 0.386 e. The molecule has 0 aliphatic carbocycles. The van der Waals surface area contributed by atoms with Gasteiger partial charge in [0.15, 0.2) is 6.10 Å². The first-order chi connectivity index (χ1) is 13.8. The van der Waals surface area contributed by atoms with E-state index in [4.69, 9.17) is 4.84 Å². The molecule has 9 heteroatoms. The molecule has 0 bridgehead atoms.